The van der Waals surface area contributed by atoms with Gasteiger partial charge in [-0.3, -0.25) is 24.2 Å². The smallest absolute Gasteiger partial charge is 0.255 e. The first kappa shape index (κ1) is 19.2. The van der Waals surface area contributed by atoms with Crippen LogP contribution in [0.3, 0.4) is 0 Å². The van der Waals surface area contributed by atoms with Gasteiger partial charge in [-0.1, -0.05) is 30.3 Å². The summed E-state index contributed by atoms with van der Waals surface area (Å²) in [5.41, 5.74) is 7.13. The first-order valence-electron chi connectivity index (χ1n) is 8.58. The van der Waals surface area contributed by atoms with E-state index in [9.17, 15) is 14.7 Å². The maximum atomic E-state index is 12.9. The fourth-order valence-corrected chi connectivity index (χ4v) is 2.82. The maximum absolute atomic E-state index is 12.9. The number of nitrogens with one attached hydrogen (secondary N) is 1. The van der Waals surface area contributed by atoms with Crippen molar-refractivity contribution in [2.45, 2.75) is 18.6 Å². The molecule has 0 saturated carbocycles. The largest absolute Gasteiger partial charge is 0.381 e. The molecule has 9 heteroatoms. The standard InChI is InChI=1S/C19H20N6O3/c1-25-11-13(16(24-25)15-10-21-7-8-22-15)19(28)23-14(17(26)18(20)27)9-12-5-3-2-4-6-12/h2-8,10-11,14,17,26H,9H2,1H3,(H2,20,27)(H,23,28). The molecule has 0 radical (unpaired) electrons. The Morgan fingerprint density at radius 1 is 1.25 bits per heavy atom. The summed E-state index contributed by atoms with van der Waals surface area (Å²) in [7, 11) is 1.68. The molecule has 2 aromatic heterocycles. The molecule has 0 aliphatic carbocycles. The third-order valence-corrected chi connectivity index (χ3v) is 4.17. The second-order valence-electron chi connectivity index (χ2n) is 6.27. The second-order valence-corrected chi connectivity index (χ2v) is 6.27. The van der Waals surface area contributed by atoms with Crippen LogP contribution in [0.15, 0.2) is 55.1 Å². The molecule has 3 aromatic rings. The van der Waals surface area contributed by atoms with Gasteiger partial charge in [-0.15, -0.1) is 0 Å². The quantitative estimate of drug-likeness (QED) is 0.530. The Kier molecular flexibility index (Phi) is 5.75. The van der Waals surface area contributed by atoms with Crippen molar-refractivity contribution in [2.24, 2.45) is 12.8 Å². The summed E-state index contributed by atoms with van der Waals surface area (Å²) < 4.78 is 1.48. The minimum absolute atomic E-state index is 0.234. The van der Waals surface area contributed by atoms with Crippen molar-refractivity contribution in [3.8, 4) is 11.4 Å². The van der Waals surface area contributed by atoms with Gasteiger partial charge >= 0.3 is 0 Å². The van der Waals surface area contributed by atoms with Crippen LogP contribution in [-0.4, -0.2) is 48.8 Å². The summed E-state index contributed by atoms with van der Waals surface area (Å²) in [6, 6.07) is 8.28. The van der Waals surface area contributed by atoms with Crippen molar-refractivity contribution in [2.75, 3.05) is 0 Å². The lowest BCUT2D eigenvalue weighted by atomic mass is 10.00. The Labute approximate surface area is 161 Å². The second kappa shape index (κ2) is 8.40. The molecule has 2 heterocycles. The van der Waals surface area contributed by atoms with Crippen LogP contribution < -0.4 is 11.1 Å². The number of amides is 2. The molecule has 2 unspecified atom stereocenters. The van der Waals surface area contributed by atoms with E-state index in [2.05, 4.69) is 20.4 Å². The predicted octanol–water partition coefficient (Wildman–Crippen LogP) is 0.0644. The summed E-state index contributed by atoms with van der Waals surface area (Å²) in [6.45, 7) is 0. The molecule has 0 bridgehead atoms. The Bertz CT molecular complexity index is 958. The van der Waals surface area contributed by atoms with E-state index in [0.717, 1.165) is 5.56 Å². The number of aromatic nitrogens is 4. The fourth-order valence-electron chi connectivity index (χ4n) is 2.82. The zero-order valence-corrected chi connectivity index (χ0v) is 15.2. The van der Waals surface area contributed by atoms with Crippen molar-refractivity contribution in [1.82, 2.24) is 25.1 Å². The molecule has 9 nitrogen and oxygen atoms in total. The van der Waals surface area contributed by atoms with Crippen molar-refractivity contribution in [3.05, 3.63) is 66.2 Å². The van der Waals surface area contributed by atoms with Crippen LogP contribution in [0.25, 0.3) is 11.4 Å². The number of primary amides is 1. The molecule has 0 aliphatic heterocycles. The zero-order chi connectivity index (χ0) is 20.1. The van der Waals surface area contributed by atoms with E-state index in [-0.39, 0.29) is 12.0 Å². The van der Waals surface area contributed by atoms with Crippen LogP contribution in [-0.2, 0) is 18.3 Å². The molecule has 3 rings (SSSR count). The number of carbonyl (C=O) groups is 2. The summed E-state index contributed by atoms with van der Waals surface area (Å²) in [6.07, 6.45) is 4.75. The van der Waals surface area contributed by atoms with Crippen LogP contribution >= 0.6 is 0 Å². The number of carbonyl (C=O) groups excluding carboxylic acids is 2. The van der Waals surface area contributed by atoms with Crippen molar-refractivity contribution >= 4 is 11.8 Å². The van der Waals surface area contributed by atoms with E-state index < -0.39 is 24.0 Å². The third-order valence-electron chi connectivity index (χ3n) is 4.17. The topological polar surface area (TPSA) is 136 Å². The predicted molar refractivity (Wildman–Crippen MR) is 101 cm³/mol. The molecule has 28 heavy (non-hydrogen) atoms. The third kappa shape index (κ3) is 4.38. The highest BCUT2D eigenvalue weighted by Gasteiger charge is 2.28. The van der Waals surface area contributed by atoms with Gasteiger partial charge in [0.25, 0.3) is 5.91 Å². The molecule has 0 spiro atoms. The van der Waals surface area contributed by atoms with Gasteiger partial charge in [0.1, 0.15) is 11.4 Å². The fraction of sp³-hybridized carbons (Fsp3) is 0.211. The molecule has 1 aromatic carbocycles. The van der Waals surface area contributed by atoms with Gasteiger partial charge in [0.15, 0.2) is 6.10 Å². The van der Waals surface area contributed by atoms with E-state index in [1.807, 2.05) is 30.3 Å². The van der Waals surface area contributed by atoms with Crippen LogP contribution in [0.4, 0.5) is 0 Å². The van der Waals surface area contributed by atoms with Crippen LogP contribution in [0.2, 0.25) is 0 Å². The number of nitrogens with zero attached hydrogens (tertiary/aromatic N) is 4. The average Bonchev–Trinajstić information content (AvgIpc) is 3.10. The number of aryl methyl sites for hydroxylation is 1. The highest BCUT2D eigenvalue weighted by atomic mass is 16.3. The molecule has 4 N–H and O–H groups in total. The molecule has 0 saturated heterocycles. The van der Waals surface area contributed by atoms with E-state index in [1.54, 1.807) is 7.05 Å². The summed E-state index contributed by atoms with van der Waals surface area (Å²) in [5.74, 6) is -1.42. The number of rotatable bonds is 7. The van der Waals surface area contributed by atoms with Crippen LogP contribution in [0, 0.1) is 0 Å². The van der Waals surface area contributed by atoms with Crippen LogP contribution in [0.5, 0.6) is 0 Å². The van der Waals surface area contributed by atoms with E-state index >= 15 is 0 Å². The van der Waals surface area contributed by atoms with Crippen molar-refractivity contribution in [3.63, 3.8) is 0 Å². The van der Waals surface area contributed by atoms with Gasteiger partial charge in [-0.2, -0.15) is 5.10 Å². The van der Waals surface area contributed by atoms with Crippen LogP contribution in [0.1, 0.15) is 15.9 Å². The highest BCUT2D eigenvalue weighted by Crippen LogP contribution is 2.19. The molecule has 0 aliphatic rings. The van der Waals surface area contributed by atoms with Gasteiger partial charge in [0.2, 0.25) is 5.91 Å². The lowest BCUT2D eigenvalue weighted by molar-refractivity contribution is -0.127. The number of nitrogens with two attached hydrogens (primary N) is 1. The molecular weight excluding hydrogens is 360 g/mol. The van der Waals surface area contributed by atoms with Gasteiger partial charge in [0, 0.05) is 25.6 Å². The monoisotopic (exact) mass is 380 g/mol. The van der Waals surface area contributed by atoms with Gasteiger partial charge in [0.05, 0.1) is 17.8 Å². The Morgan fingerprint density at radius 2 is 2.00 bits per heavy atom. The lowest BCUT2D eigenvalue weighted by Gasteiger charge is -2.22. The highest BCUT2D eigenvalue weighted by molar-refractivity contribution is 5.99. The molecular formula is C19H20N6O3. The molecule has 2 atom stereocenters. The molecule has 0 fully saturated rings. The first-order valence-corrected chi connectivity index (χ1v) is 8.58. The van der Waals surface area contributed by atoms with Gasteiger partial charge in [-0.05, 0) is 12.0 Å². The Balaban J connectivity index is 1.87. The average molecular weight is 380 g/mol. The van der Waals surface area contributed by atoms with E-state index in [0.29, 0.717) is 11.4 Å². The SMILES string of the molecule is Cn1cc(C(=O)NC(Cc2ccccc2)C(O)C(N)=O)c(-c2cnccn2)n1. The Morgan fingerprint density at radius 3 is 2.64 bits per heavy atom. The number of aliphatic hydroxyl groups is 1. The normalized spacial score (nSPS) is 12.9. The molecule has 144 valence electrons. The van der Waals surface area contributed by atoms with E-state index in [4.69, 9.17) is 5.73 Å². The zero-order valence-electron chi connectivity index (χ0n) is 15.2. The number of aliphatic hydroxyl groups excluding tert-OH is 1. The number of hydrogen-bond acceptors (Lipinski definition) is 6. The van der Waals surface area contributed by atoms with Crippen molar-refractivity contribution in [1.29, 1.82) is 0 Å². The minimum atomic E-state index is -1.54. The lowest BCUT2D eigenvalue weighted by Crippen LogP contribution is -2.50. The summed E-state index contributed by atoms with van der Waals surface area (Å²) in [4.78, 5) is 32.6. The van der Waals surface area contributed by atoms with Gasteiger partial charge < -0.3 is 16.2 Å². The van der Waals surface area contributed by atoms with E-state index in [1.165, 1.54) is 29.5 Å². The summed E-state index contributed by atoms with van der Waals surface area (Å²) in [5, 5.41) is 17.2. The molecule has 2 amide bonds. The summed E-state index contributed by atoms with van der Waals surface area (Å²) >= 11 is 0. The van der Waals surface area contributed by atoms with Gasteiger partial charge in [-0.25, -0.2) is 0 Å². The number of benzene rings is 1. The Hall–Kier alpha value is -3.59. The minimum Gasteiger partial charge on any atom is -0.381 e. The first-order chi connectivity index (χ1) is 13.5. The number of hydrogen-bond donors (Lipinski definition) is 3. The maximum Gasteiger partial charge on any atom is 0.255 e. The van der Waals surface area contributed by atoms with Crippen molar-refractivity contribution < 1.29 is 14.7 Å².